The Morgan fingerprint density at radius 3 is 2.92 bits per heavy atom. The molecule has 1 aliphatic rings. The van der Waals surface area contributed by atoms with Crippen LogP contribution in [0, 0.1) is 0 Å². The molecule has 0 aromatic rings. The summed E-state index contributed by atoms with van der Waals surface area (Å²) in [6, 6.07) is 0. The van der Waals surface area contributed by atoms with Crippen molar-refractivity contribution in [2.75, 3.05) is 7.11 Å². The molecular weight excluding hydrogens is 164 g/mol. The summed E-state index contributed by atoms with van der Waals surface area (Å²) in [5.74, 6) is 0. The highest BCUT2D eigenvalue weighted by atomic mass is 16.5. The minimum absolute atomic E-state index is 0.288. The van der Waals surface area contributed by atoms with Gasteiger partial charge in [-0.25, -0.2) is 0 Å². The molecule has 2 heteroatoms. The highest BCUT2D eigenvalue weighted by Gasteiger charge is 2.33. The van der Waals surface area contributed by atoms with Gasteiger partial charge in [-0.3, -0.25) is 0 Å². The quantitative estimate of drug-likeness (QED) is 0.731. The molecule has 0 saturated heterocycles. The molecule has 1 fully saturated rings. The van der Waals surface area contributed by atoms with Crippen LogP contribution in [-0.4, -0.2) is 23.9 Å². The fraction of sp³-hybridized carbons (Fsp3) is 1.00. The number of methoxy groups -OCH3 is 1. The van der Waals surface area contributed by atoms with Gasteiger partial charge in [0.05, 0.1) is 11.7 Å². The third-order valence-electron chi connectivity index (χ3n) is 3.10. The summed E-state index contributed by atoms with van der Waals surface area (Å²) >= 11 is 0. The molecule has 2 nitrogen and oxygen atoms in total. The van der Waals surface area contributed by atoms with Gasteiger partial charge in [-0.2, -0.15) is 0 Å². The van der Waals surface area contributed by atoms with Crippen molar-refractivity contribution in [1.29, 1.82) is 0 Å². The van der Waals surface area contributed by atoms with Crippen LogP contribution in [0.1, 0.15) is 51.9 Å². The maximum atomic E-state index is 10.2. The zero-order chi connectivity index (χ0) is 9.73. The van der Waals surface area contributed by atoms with Crippen LogP contribution in [0.2, 0.25) is 0 Å². The van der Waals surface area contributed by atoms with Crippen molar-refractivity contribution in [3.05, 3.63) is 0 Å². The molecule has 13 heavy (non-hydrogen) atoms. The highest BCUT2D eigenvalue weighted by molar-refractivity contribution is 4.86. The molecule has 0 radical (unpaired) electrons. The minimum Gasteiger partial charge on any atom is -0.390 e. The predicted octanol–water partition coefficient (Wildman–Crippen LogP) is 2.50. The first-order valence-electron chi connectivity index (χ1n) is 5.45. The molecular formula is C11H22O2. The van der Waals surface area contributed by atoms with E-state index in [2.05, 4.69) is 6.92 Å². The monoisotopic (exact) mass is 186 g/mol. The van der Waals surface area contributed by atoms with E-state index in [1.807, 2.05) is 0 Å². The Labute approximate surface area is 81.3 Å². The Hall–Kier alpha value is -0.0800. The zero-order valence-electron chi connectivity index (χ0n) is 8.88. The molecule has 78 valence electrons. The van der Waals surface area contributed by atoms with E-state index in [-0.39, 0.29) is 6.10 Å². The lowest BCUT2D eigenvalue weighted by atomic mass is 9.80. The summed E-state index contributed by atoms with van der Waals surface area (Å²) in [6.07, 6.45) is 7.56. The topological polar surface area (TPSA) is 29.5 Å². The summed E-state index contributed by atoms with van der Waals surface area (Å²) in [5, 5.41) is 10.2. The standard InChI is InChI=1S/C11H22O2/c1-3-4-7-11(12)8-5-6-10(9-11)13-2/h10,12H,3-9H2,1-2H3. The molecule has 0 aromatic carbocycles. The van der Waals surface area contributed by atoms with Gasteiger partial charge < -0.3 is 9.84 Å². The lowest BCUT2D eigenvalue weighted by Gasteiger charge is -2.36. The van der Waals surface area contributed by atoms with Crippen molar-refractivity contribution in [1.82, 2.24) is 0 Å². The van der Waals surface area contributed by atoms with Gasteiger partial charge in [-0.1, -0.05) is 19.8 Å². The van der Waals surface area contributed by atoms with E-state index >= 15 is 0 Å². The van der Waals surface area contributed by atoms with Crippen molar-refractivity contribution in [3.63, 3.8) is 0 Å². The van der Waals surface area contributed by atoms with Crippen LogP contribution in [0.5, 0.6) is 0 Å². The average Bonchev–Trinajstić information content (AvgIpc) is 2.15. The lowest BCUT2D eigenvalue weighted by Crippen LogP contribution is -2.38. The summed E-state index contributed by atoms with van der Waals surface area (Å²) in [5.41, 5.74) is -0.422. The highest BCUT2D eigenvalue weighted by Crippen LogP contribution is 2.33. The van der Waals surface area contributed by atoms with E-state index in [0.29, 0.717) is 0 Å². The van der Waals surface area contributed by atoms with Crippen LogP contribution in [0.4, 0.5) is 0 Å². The van der Waals surface area contributed by atoms with Gasteiger partial charge in [0.2, 0.25) is 0 Å². The van der Waals surface area contributed by atoms with Crippen LogP contribution in [-0.2, 0) is 4.74 Å². The number of unbranched alkanes of at least 4 members (excludes halogenated alkanes) is 1. The predicted molar refractivity (Wildman–Crippen MR) is 53.7 cm³/mol. The van der Waals surface area contributed by atoms with E-state index in [4.69, 9.17) is 4.74 Å². The SMILES string of the molecule is CCCCC1(O)CCCC(OC)C1. The molecule has 0 amide bonds. The largest absolute Gasteiger partial charge is 0.390 e. The molecule has 1 rings (SSSR count). The first-order valence-corrected chi connectivity index (χ1v) is 5.45. The molecule has 2 atom stereocenters. The first-order chi connectivity index (χ1) is 6.20. The van der Waals surface area contributed by atoms with E-state index in [1.54, 1.807) is 7.11 Å². The maximum Gasteiger partial charge on any atom is 0.0672 e. The number of hydrogen-bond donors (Lipinski definition) is 1. The molecule has 1 N–H and O–H groups in total. The van der Waals surface area contributed by atoms with Crippen molar-refractivity contribution >= 4 is 0 Å². The Balaban J connectivity index is 2.37. The van der Waals surface area contributed by atoms with Gasteiger partial charge in [0.15, 0.2) is 0 Å². The molecule has 1 saturated carbocycles. The Bertz CT molecular complexity index is 147. The smallest absolute Gasteiger partial charge is 0.0672 e. The summed E-state index contributed by atoms with van der Waals surface area (Å²) in [7, 11) is 1.75. The van der Waals surface area contributed by atoms with Crippen molar-refractivity contribution < 1.29 is 9.84 Å². The average molecular weight is 186 g/mol. The molecule has 0 heterocycles. The second-order valence-corrected chi connectivity index (χ2v) is 4.28. The van der Waals surface area contributed by atoms with Gasteiger partial charge in [0.25, 0.3) is 0 Å². The Morgan fingerprint density at radius 2 is 2.31 bits per heavy atom. The summed E-state index contributed by atoms with van der Waals surface area (Å²) in [6.45, 7) is 2.17. The van der Waals surface area contributed by atoms with E-state index < -0.39 is 5.60 Å². The minimum atomic E-state index is -0.422. The second kappa shape index (κ2) is 4.97. The maximum absolute atomic E-state index is 10.2. The zero-order valence-corrected chi connectivity index (χ0v) is 8.88. The van der Waals surface area contributed by atoms with Crippen LogP contribution in [0.25, 0.3) is 0 Å². The molecule has 2 unspecified atom stereocenters. The van der Waals surface area contributed by atoms with Crippen LogP contribution < -0.4 is 0 Å². The van der Waals surface area contributed by atoms with Gasteiger partial charge in [-0.05, 0) is 25.7 Å². The third kappa shape index (κ3) is 3.28. The summed E-state index contributed by atoms with van der Waals surface area (Å²) < 4.78 is 5.31. The van der Waals surface area contributed by atoms with Crippen molar-refractivity contribution in [3.8, 4) is 0 Å². The van der Waals surface area contributed by atoms with Gasteiger partial charge in [-0.15, -0.1) is 0 Å². The lowest BCUT2D eigenvalue weighted by molar-refractivity contribution is -0.0642. The first kappa shape index (κ1) is 11.0. The van der Waals surface area contributed by atoms with Gasteiger partial charge >= 0.3 is 0 Å². The van der Waals surface area contributed by atoms with E-state index in [1.165, 1.54) is 6.42 Å². The molecule has 0 aliphatic heterocycles. The molecule has 1 aliphatic carbocycles. The van der Waals surface area contributed by atoms with E-state index in [0.717, 1.165) is 38.5 Å². The number of rotatable bonds is 4. The number of aliphatic hydroxyl groups is 1. The molecule has 0 spiro atoms. The third-order valence-corrected chi connectivity index (χ3v) is 3.10. The van der Waals surface area contributed by atoms with Crippen molar-refractivity contribution in [2.45, 2.75) is 63.6 Å². The van der Waals surface area contributed by atoms with Crippen LogP contribution >= 0.6 is 0 Å². The number of ether oxygens (including phenoxy) is 1. The van der Waals surface area contributed by atoms with Crippen LogP contribution in [0.15, 0.2) is 0 Å². The summed E-state index contributed by atoms with van der Waals surface area (Å²) in [4.78, 5) is 0. The molecule has 0 bridgehead atoms. The van der Waals surface area contributed by atoms with E-state index in [9.17, 15) is 5.11 Å². The van der Waals surface area contributed by atoms with Crippen LogP contribution in [0.3, 0.4) is 0 Å². The fourth-order valence-electron chi connectivity index (χ4n) is 2.22. The Kier molecular flexibility index (Phi) is 4.20. The fourth-order valence-corrected chi connectivity index (χ4v) is 2.22. The van der Waals surface area contributed by atoms with Gasteiger partial charge in [0, 0.05) is 13.5 Å². The normalized spacial score (nSPS) is 34.8. The second-order valence-electron chi connectivity index (χ2n) is 4.28. The number of hydrogen-bond acceptors (Lipinski definition) is 2. The van der Waals surface area contributed by atoms with Gasteiger partial charge in [0.1, 0.15) is 0 Å². The molecule has 0 aromatic heterocycles. The Morgan fingerprint density at radius 1 is 1.54 bits per heavy atom. The van der Waals surface area contributed by atoms with Crippen molar-refractivity contribution in [2.24, 2.45) is 0 Å².